The summed E-state index contributed by atoms with van der Waals surface area (Å²) in [5, 5.41) is 3.36. The number of anilines is 2. The number of hydrogen-bond acceptors (Lipinski definition) is 3. The van der Waals surface area contributed by atoms with Gasteiger partial charge in [0.1, 0.15) is 0 Å². The number of benzene rings is 1. The lowest BCUT2D eigenvalue weighted by Crippen LogP contribution is -2.05. The van der Waals surface area contributed by atoms with Crippen molar-refractivity contribution in [2.24, 2.45) is 0 Å². The van der Waals surface area contributed by atoms with Crippen molar-refractivity contribution in [3.05, 3.63) is 39.0 Å². The number of nitrogens with one attached hydrogen (secondary N) is 1. The van der Waals surface area contributed by atoms with Crippen LogP contribution < -0.4 is 5.32 Å². The van der Waals surface area contributed by atoms with Gasteiger partial charge >= 0.3 is 0 Å². The summed E-state index contributed by atoms with van der Waals surface area (Å²) in [7, 11) is 1.72. The lowest BCUT2D eigenvalue weighted by molar-refractivity contribution is 0.190. The van der Waals surface area contributed by atoms with Gasteiger partial charge in [0.2, 0.25) is 5.95 Å². The molecule has 20 heavy (non-hydrogen) atoms. The van der Waals surface area contributed by atoms with E-state index in [1.807, 2.05) is 31.3 Å². The molecule has 0 atom stereocenters. The first-order chi connectivity index (χ1) is 9.60. The van der Waals surface area contributed by atoms with Gasteiger partial charge in [0.25, 0.3) is 0 Å². The molecule has 0 fully saturated rings. The maximum absolute atomic E-state index is 5.09. The van der Waals surface area contributed by atoms with Crippen LogP contribution in [-0.2, 0) is 11.3 Å². The van der Waals surface area contributed by atoms with Crippen LogP contribution >= 0.6 is 31.9 Å². The number of ether oxygens (including phenoxy) is 1. The van der Waals surface area contributed by atoms with Crippen LogP contribution in [0.25, 0.3) is 0 Å². The number of aromatic nitrogens is 2. The molecule has 0 aliphatic rings. The second-order valence-electron chi connectivity index (χ2n) is 4.49. The lowest BCUT2D eigenvalue weighted by Gasteiger charge is -2.11. The Balaban J connectivity index is 2.15. The summed E-state index contributed by atoms with van der Waals surface area (Å²) in [5.74, 6) is 0.849. The van der Waals surface area contributed by atoms with E-state index < -0.39 is 0 Å². The maximum Gasteiger partial charge on any atom is 0.207 e. The van der Waals surface area contributed by atoms with Crippen LogP contribution in [0, 0.1) is 6.92 Å². The Labute approximate surface area is 135 Å². The Morgan fingerprint density at radius 3 is 2.85 bits per heavy atom. The molecule has 1 aromatic heterocycles. The number of rotatable bonds is 6. The molecule has 0 amide bonds. The van der Waals surface area contributed by atoms with E-state index in [0.29, 0.717) is 0 Å². The van der Waals surface area contributed by atoms with Crippen molar-refractivity contribution in [3.8, 4) is 0 Å². The maximum atomic E-state index is 5.09. The first kappa shape index (κ1) is 15.5. The van der Waals surface area contributed by atoms with Crippen molar-refractivity contribution < 1.29 is 4.74 Å². The van der Waals surface area contributed by atoms with Crippen molar-refractivity contribution in [1.29, 1.82) is 0 Å². The molecule has 1 heterocycles. The van der Waals surface area contributed by atoms with Gasteiger partial charge in [-0.1, -0.05) is 15.9 Å². The molecule has 0 bridgehead atoms. The third-order valence-electron chi connectivity index (χ3n) is 2.82. The normalized spacial score (nSPS) is 10.8. The predicted octanol–water partition coefficient (Wildman–Crippen LogP) is 4.50. The van der Waals surface area contributed by atoms with Crippen molar-refractivity contribution in [2.45, 2.75) is 19.9 Å². The highest BCUT2D eigenvalue weighted by atomic mass is 79.9. The zero-order chi connectivity index (χ0) is 14.5. The van der Waals surface area contributed by atoms with Gasteiger partial charge in [-0.15, -0.1) is 0 Å². The van der Waals surface area contributed by atoms with Crippen LogP contribution in [0.5, 0.6) is 0 Å². The van der Waals surface area contributed by atoms with E-state index in [1.165, 1.54) is 0 Å². The second-order valence-corrected chi connectivity index (χ2v) is 6.26. The largest absolute Gasteiger partial charge is 0.385 e. The molecule has 108 valence electrons. The number of imidazole rings is 1. The van der Waals surface area contributed by atoms with Crippen LogP contribution in [0.1, 0.15) is 12.1 Å². The molecule has 0 unspecified atom stereocenters. The van der Waals surface area contributed by atoms with Crippen LogP contribution in [-0.4, -0.2) is 23.3 Å². The smallest absolute Gasteiger partial charge is 0.207 e. The summed E-state index contributed by atoms with van der Waals surface area (Å²) in [6, 6.07) is 6.02. The second kappa shape index (κ2) is 7.24. The fourth-order valence-electron chi connectivity index (χ4n) is 1.91. The highest BCUT2D eigenvalue weighted by molar-refractivity contribution is 9.11. The number of nitrogens with zero attached hydrogens (tertiary/aromatic N) is 2. The van der Waals surface area contributed by atoms with E-state index in [1.54, 1.807) is 7.11 Å². The van der Waals surface area contributed by atoms with E-state index in [4.69, 9.17) is 4.74 Å². The van der Waals surface area contributed by atoms with Crippen molar-refractivity contribution in [3.63, 3.8) is 0 Å². The zero-order valence-corrected chi connectivity index (χ0v) is 14.7. The van der Waals surface area contributed by atoms with E-state index in [0.717, 1.165) is 45.8 Å². The highest BCUT2D eigenvalue weighted by Gasteiger charge is 2.08. The number of methoxy groups -OCH3 is 1. The van der Waals surface area contributed by atoms with Crippen molar-refractivity contribution in [2.75, 3.05) is 19.0 Å². The Morgan fingerprint density at radius 2 is 2.15 bits per heavy atom. The van der Waals surface area contributed by atoms with E-state index >= 15 is 0 Å². The van der Waals surface area contributed by atoms with Gasteiger partial charge in [0.15, 0.2) is 0 Å². The molecule has 4 nitrogen and oxygen atoms in total. The summed E-state index contributed by atoms with van der Waals surface area (Å²) >= 11 is 7.00. The molecule has 6 heteroatoms. The fraction of sp³-hybridized carbons (Fsp3) is 0.357. The molecule has 1 aromatic carbocycles. The highest BCUT2D eigenvalue weighted by Crippen LogP contribution is 2.28. The van der Waals surface area contributed by atoms with Gasteiger partial charge in [-0.25, -0.2) is 4.98 Å². The van der Waals surface area contributed by atoms with Crippen molar-refractivity contribution >= 4 is 43.5 Å². The molecule has 0 spiro atoms. The van der Waals surface area contributed by atoms with Gasteiger partial charge in [-0.3, -0.25) is 0 Å². The number of aryl methyl sites for hydroxylation is 2. The van der Waals surface area contributed by atoms with Crippen LogP contribution in [0.3, 0.4) is 0 Å². The molecule has 0 radical (unpaired) electrons. The Hall–Kier alpha value is -0.850. The minimum Gasteiger partial charge on any atom is -0.385 e. The fourth-order valence-corrected chi connectivity index (χ4v) is 3.05. The first-order valence-electron chi connectivity index (χ1n) is 6.35. The molecular weight excluding hydrogens is 386 g/mol. The number of hydrogen-bond donors (Lipinski definition) is 1. The average Bonchev–Trinajstić information content (AvgIpc) is 2.73. The molecule has 0 aliphatic heterocycles. The topological polar surface area (TPSA) is 39.1 Å². The van der Waals surface area contributed by atoms with Gasteiger partial charge < -0.3 is 14.6 Å². The minimum absolute atomic E-state index is 0.749. The summed E-state index contributed by atoms with van der Waals surface area (Å²) < 4.78 is 9.24. The van der Waals surface area contributed by atoms with Crippen molar-refractivity contribution in [1.82, 2.24) is 9.55 Å². The molecule has 0 aliphatic carbocycles. The molecule has 0 saturated carbocycles. The first-order valence-corrected chi connectivity index (χ1v) is 7.93. The summed E-state index contributed by atoms with van der Waals surface area (Å²) in [6.07, 6.45) is 3.01. The standard InChI is InChI=1S/C14H17Br2N3O/c1-10-9-19(6-3-7-20-2)14(17-10)18-13-5-4-11(15)8-12(13)16/h4-5,8-9H,3,6-7H2,1-2H3,(H,17,18). The monoisotopic (exact) mass is 401 g/mol. The molecule has 1 N–H and O–H groups in total. The Kier molecular flexibility index (Phi) is 5.63. The molecule has 0 saturated heterocycles. The summed E-state index contributed by atoms with van der Waals surface area (Å²) in [6.45, 7) is 3.62. The summed E-state index contributed by atoms with van der Waals surface area (Å²) in [4.78, 5) is 4.53. The average molecular weight is 403 g/mol. The molecular formula is C14H17Br2N3O. The quantitative estimate of drug-likeness (QED) is 0.723. The van der Waals surface area contributed by atoms with Gasteiger partial charge in [0, 0.05) is 35.4 Å². The van der Waals surface area contributed by atoms with Crippen LogP contribution in [0.2, 0.25) is 0 Å². The Morgan fingerprint density at radius 1 is 1.35 bits per heavy atom. The Bertz CT molecular complexity index is 584. The molecule has 2 aromatic rings. The molecule has 2 rings (SSSR count). The third kappa shape index (κ3) is 4.07. The minimum atomic E-state index is 0.749. The van der Waals surface area contributed by atoms with E-state index in [2.05, 4.69) is 46.7 Å². The van der Waals surface area contributed by atoms with E-state index in [9.17, 15) is 0 Å². The summed E-state index contributed by atoms with van der Waals surface area (Å²) in [5.41, 5.74) is 1.99. The predicted molar refractivity (Wildman–Crippen MR) is 88.6 cm³/mol. The lowest BCUT2D eigenvalue weighted by atomic mass is 10.3. The van der Waals surface area contributed by atoms with Crippen LogP contribution in [0.4, 0.5) is 11.6 Å². The van der Waals surface area contributed by atoms with Gasteiger partial charge in [0.05, 0.1) is 11.4 Å². The SMILES string of the molecule is COCCCn1cc(C)nc1Nc1ccc(Br)cc1Br. The zero-order valence-electron chi connectivity index (χ0n) is 11.5. The third-order valence-corrected chi connectivity index (χ3v) is 3.97. The van der Waals surface area contributed by atoms with Gasteiger partial charge in [-0.05, 0) is 47.5 Å². The number of halogens is 2. The van der Waals surface area contributed by atoms with Gasteiger partial charge in [-0.2, -0.15) is 0 Å². The van der Waals surface area contributed by atoms with E-state index in [-0.39, 0.29) is 0 Å². The van der Waals surface area contributed by atoms with Crippen LogP contribution in [0.15, 0.2) is 33.3 Å².